The molecule has 5 heteroatoms. The molecule has 0 bridgehead atoms. The molecule has 0 aliphatic heterocycles. The Labute approximate surface area is 106 Å². The van der Waals surface area contributed by atoms with Crippen molar-refractivity contribution in [1.82, 2.24) is 20.1 Å². The molecule has 0 aliphatic carbocycles. The lowest BCUT2D eigenvalue weighted by molar-refractivity contribution is 0.787. The van der Waals surface area contributed by atoms with Crippen LogP contribution in [0.4, 0.5) is 0 Å². The lowest BCUT2D eigenvalue weighted by Crippen LogP contribution is -2.07. The summed E-state index contributed by atoms with van der Waals surface area (Å²) >= 11 is 6.11. The van der Waals surface area contributed by atoms with Crippen LogP contribution in [0.15, 0.2) is 18.3 Å². The summed E-state index contributed by atoms with van der Waals surface area (Å²) in [5, 5.41) is 8.15. The van der Waals surface area contributed by atoms with Crippen molar-refractivity contribution < 1.29 is 0 Å². The zero-order valence-corrected chi connectivity index (χ0v) is 10.9. The number of nitrogens with zero attached hydrogens (tertiary/aromatic N) is 3. The van der Waals surface area contributed by atoms with Crippen molar-refractivity contribution in [2.45, 2.75) is 20.4 Å². The number of hydrogen-bond donors (Lipinski definition) is 1. The Bertz CT molecular complexity index is 516. The number of aromatic nitrogens is 3. The van der Waals surface area contributed by atoms with Gasteiger partial charge in [0.1, 0.15) is 0 Å². The predicted octanol–water partition coefficient (Wildman–Crippen LogP) is 2.26. The number of rotatable bonds is 3. The van der Waals surface area contributed by atoms with E-state index >= 15 is 0 Å². The van der Waals surface area contributed by atoms with Gasteiger partial charge in [0.25, 0.3) is 0 Å². The molecule has 0 saturated carbocycles. The second-order valence-electron chi connectivity index (χ2n) is 3.95. The standard InChI is InChI=1S/C12H15ClN4/c1-8-12(13)9(2)17(16-8)11-5-4-10(6-14-3)7-15-11/h4-5,7,14H,6H2,1-3H3. The van der Waals surface area contributed by atoms with E-state index in [1.54, 1.807) is 4.68 Å². The monoisotopic (exact) mass is 250 g/mol. The highest BCUT2D eigenvalue weighted by Gasteiger charge is 2.11. The average Bonchev–Trinajstić information content (AvgIpc) is 2.59. The predicted molar refractivity (Wildman–Crippen MR) is 68.6 cm³/mol. The molecule has 0 radical (unpaired) electrons. The Balaban J connectivity index is 2.36. The zero-order chi connectivity index (χ0) is 12.4. The van der Waals surface area contributed by atoms with E-state index in [2.05, 4.69) is 15.4 Å². The van der Waals surface area contributed by atoms with E-state index in [-0.39, 0.29) is 0 Å². The van der Waals surface area contributed by atoms with Gasteiger partial charge in [-0.3, -0.25) is 0 Å². The average molecular weight is 251 g/mol. The van der Waals surface area contributed by atoms with Crippen LogP contribution in [0.2, 0.25) is 5.02 Å². The lowest BCUT2D eigenvalue weighted by Gasteiger charge is -2.04. The maximum Gasteiger partial charge on any atom is 0.153 e. The largest absolute Gasteiger partial charge is 0.316 e. The highest BCUT2D eigenvalue weighted by atomic mass is 35.5. The second kappa shape index (κ2) is 4.85. The molecule has 4 nitrogen and oxygen atoms in total. The first kappa shape index (κ1) is 12.1. The summed E-state index contributed by atoms with van der Waals surface area (Å²) in [5.41, 5.74) is 2.88. The molecule has 0 aliphatic rings. The van der Waals surface area contributed by atoms with Crippen LogP contribution >= 0.6 is 11.6 Å². The van der Waals surface area contributed by atoms with Gasteiger partial charge in [-0.2, -0.15) is 5.10 Å². The minimum Gasteiger partial charge on any atom is -0.316 e. The molecular formula is C12H15ClN4. The molecule has 2 aromatic heterocycles. The first-order valence-electron chi connectivity index (χ1n) is 5.45. The Hall–Kier alpha value is -1.39. The second-order valence-corrected chi connectivity index (χ2v) is 4.33. The third-order valence-corrected chi connectivity index (χ3v) is 3.16. The van der Waals surface area contributed by atoms with Crippen molar-refractivity contribution in [2.75, 3.05) is 7.05 Å². The summed E-state index contributed by atoms with van der Waals surface area (Å²) in [7, 11) is 1.91. The molecule has 0 aromatic carbocycles. The number of aryl methyl sites for hydroxylation is 1. The van der Waals surface area contributed by atoms with Crippen LogP contribution < -0.4 is 5.32 Å². The van der Waals surface area contributed by atoms with Crippen molar-refractivity contribution in [2.24, 2.45) is 0 Å². The van der Waals surface area contributed by atoms with Crippen molar-refractivity contribution >= 4 is 11.6 Å². The van der Waals surface area contributed by atoms with Crippen LogP contribution in [0.3, 0.4) is 0 Å². The molecule has 0 saturated heterocycles. The van der Waals surface area contributed by atoms with Gasteiger partial charge in [-0.25, -0.2) is 9.67 Å². The fourth-order valence-corrected chi connectivity index (χ4v) is 1.82. The first-order chi connectivity index (χ1) is 8.13. The van der Waals surface area contributed by atoms with Gasteiger partial charge in [0, 0.05) is 12.7 Å². The Kier molecular flexibility index (Phi) is 3.45. The molecule has 2 heterocycles. The molecule has 0 unspecified atom stereocenters. The summed E-state index contributed by atoms with van der Waals surface area (Å²) in [6.45, 7) is 4.64. The van der Waals surface area contributed by atoms with Crippen LogP contribution in [0, 0.1) is 13.8 Å². The van der Waals surface area contributed by atoms with E-state index in [4.69, 9.17) is 11.6 Å². The van der Waals surface area contributed by atoms with E-state index in [1.165, 1.54) is 0 Å². The summed E-state index contributed by atoms with van der Waals surface area (Å²) in [5.74, 6) is 0.789. The summed E-state index contributed by atoms with van der Waals surface area (Å²) in [6, 6.07) is 3.98. The smallest absolute Gasteiger partial charge is 0.153 e. The zero-order valence-electron chi connectivity index (χ0n) is 10.2. The summed E-state index contributed by atoms with van der Waals surface area (Å²) in [4.78, 5) is 4.38. The maximum absolute atomic E-state index is 6.11. The van der Waals surface area contributed by atoms with E-state index in [1.807, 2.05) is 39.2 Å². The third kappa shape index (κ3) is 2.33. The van der Waals surface area contributed by atoms with Gasteiger partial charge < -0.3 is 5.32 Å². The highest BCUT2D eigenvalue weighted by Crippen LogP contribution is 2.21. The van der Waals surface area contributed by atoms with Gasteiger partial charge in [-0.1, -0.05) is 17.7 Å². The van der Waals surface area contributed by atoms with Gasteiger partial charge in [-0.15, -0.1) is 0 Å². The van der Waals surface area contributed by atoms with E-state index in [0.29, 0.717) is 5.02 Å². The third-order valence-electron chi connectivity index (χ3n) is 2.61. The van der Waals surface area contributed by atoms with Gasteiger partial charge in [-0.05, 0) is 32.5 Å². The molecular weight excluding hydrogens is 236 g/mol. The van der Waals surface area contributed by atoms with Crippen molar-refractivity contribution in [3.63, 3.8) is 0 Å². The number of pyridine rings is 1. The minimum absolute atomic E-state index is 0.700. The molecule has 0 amide bonds. The number of halogens is 1. The fraction of sp³-hybridized carbons (Fsp3) is 0.333. The van der Waals surface area contributed by atoms with Crippen molar-refractivity contribution in [3.05, 3.63) is 40.3 Å². The number of nitrogens with one attached hydrogen (secondary N) is 1. The Morgan fingerprint density at radius 1 is 1.35 bits per heavy atom. The molecule has 1 N–H and O–H groups in total. The molecule has 17 heavy (non-hydrogen) atoms. The quantitative estimate of drug-likeness (QED) is 0.909. The normalized spacial score (nSPS) is 10.8. The van der Waals surface area contributed by atoms with Crippen LogP contribution in [-0.4, -0.2) is 21.8 Å². The number of hydrogen-bond acceptors (Lipinski definition) is 3. The van der Waals surface area contributed by atoms with E-state index < -0.39 is 0 Å². The van der Waals surface area contributed by atoms with Crippen LogP contribution in [0.5, 0.6) is 0 Å². The fourth-order valence-electron chi connectivity index (χ4n) is 1.70. The molecule has 0 atom stereocenters. The highest BCUT2D eigenvalue weighted by molar-refractivity contribution is 6.31. The molecule has 2 rings (SSSR count). The van der Waals surface area contributed by atoms with Gasteiger partial charge >= 0.3 is 0 Å². The van der Waals surface area contributed by atoms with Gasteiger partial charge in [0.15, 0.2) is 5.82 Å². The Morgan fingerprint density at radius 2 is 2.12 bits per heavy atom. The van der Waals surface area contributed by atoms with Crippen LogP contribution in [0.1, 0.15) is 17.0 Å². The Morgan fingerprint density at radius 3 is 2.59 bits per heavy atom. The summed E-state index contributed by atoms with van der Waals surface area (Å²) in [6.07, 6.45) is 1.84. The van der Waals surface area contributed by atoms with E-state index in [9.17, 15) is 0 Å². The minimum atomic E-state index is 0.700. The van der Waals surface area contributed by atoms with E-state index in [0.717, 1.165) is 29.3 Å². The van der Waals surface area contributed by atoms with Crippen molar-refractivity contribution in [1.29, 1.82) is 0 Å². The van der Waals surface area contributed by atoms with Gasteiger partial charge in [0.2, 0.25) is 0 Å². The van der Waals surface area contributed by atoms with Crippen LogP contribution in [-0.2, 0) is 6.54 Å². The van der Waals surface area contributed by atoms with Gasteiger partial charge in [0.05, 0.1) is 16.4 Å². The molecule has 90 valence electrons. The molecule has 0 spiro atoms. The van der Waals surface area contributed by atoms with Crippen molar-refractivity contribution in [3.8, 4) is 5.82 Å². The maximum atomic E-state index is 6.11. The lowest BCUT2D eigenvalue weighted by atomic mass is 10.3. The summed E-state index contributed by atoms with van der Waals surface area (Å²) < 4.78 is 1.76. The first-order valence-corrected chi connectivity index (χ1v) is 5.83. The topological polar surface area (TPSA) is 42.7 Å². The molecule has 0 fully saturated rings. The van der Waals surface area contributed by atoms with Crippen LogP contribution in [0.25, 0.3) is 5.82 Å². The SMILES string of the molecule is CNCc1ccc(-n2nc(C)c(Cl)c2C)nc1. The molecule has 2 aromatic rings.